The van der Waals surface area contributed by atoms with E-state index in [9.17, 15) is 14.4 Å². The third-order valence-corrected chi connectivity index (χ3v) is 12.9. The molecule has 0 saturated heterocycles. The van der Waals surface area contributed by atoms with Gasteiger partial charge in [-0.15, -0.1) is 0 Å². The first-order valence-electron chi connectivity index (χ1n) is 29.9. The van der Waals surface area contributed by atoms with Gasteiger partial charge in [0.2, 0.25) is 0 Å². The van der Waals surface area contributed by atoms with E-state index >= 15 is 0 Å². The van der Waals surface area contributed by atoms with E-state index in [0.717, 1.165) is 96.3 Å². The van der Waals surface area contributed by atoms with Crippen molar-refractivity contribution in [1.82, 2.24) is 0 Å². The van der Waals surface area contributed by atoms with Gasteiger partial charge < -0.3 is 14.2 Å². The molecule has 0 amide bonds. The van der Waals surface area contributed by atoms with Crippen LogP contribution in [0.2, 0.25) is 0 Å². The minimum Gasteiger partial charge on any atom is -0.462 e. The molecule has 0 aromatic rings. The van der Waals surface area contributed by atoms with Gasteiger partial charge in [0.25, 0.3) is 0 Å². The number of unbranched alkanes of at least 4 members (excludes halogenated alkanes) is 31. The number of hydrogen-bond acceptors (Lipinski definition) is 6. The Kier molecular flexibility index (Phi) is 55.8. The maximum atomic E-state index is 12.8. The van der Waals surface area contributed by atoms with Crippen molar-refractivity contribution in [1.29, 1.82) is 0 Å². The SMILES string of the molecule is CC/C=C\C/C=C\C/C=C\C/C=C\C/C=C\CCCCCCCCCCCCCCCC(=O)OCC(COC(=O)CCCCCCC)OC(=O)CCCCCCCCC/C=C\CCCCCCCCC. The Balaban J connectivity index is 4.03. The zero-order valence-corrected chi connectivity index (χ0v) is 46.3. The maximum Gasteiger partial charge on any atom is 0.306 e. The molecule has 0 aliphatic carbocycles. The van der Waals surface area contributed by atoms with E-state index in [-0.39, 0.29) is 31.1 Å². The monoisotopic (exact) mass is 977 g/mol. The molecule has 0 rings (SSSR count). The van der Waals surface area contributed by atoms with E-state index in [0.29, 0.717) is 19.3 Å². The molecule has 0 heterocycles. The molecule has 0 radical (unpaired) electrons. The lowest BCUT2D eigenvalue weighted by atomic mass is 10.0. The van der Waals surface area contributed by atoms with Crippen molar-refractivity contribution in [3.8, 4) is 0 Å². The Morgan fingerprint density at radius 3 is 0.886 bits per heavy atom. The summed E-state index contributed by atoms with van der Waals surface area (Å²) in [5, 5.41) is 0. The number of rotatable bonds is 54. The van der Waals surface area contributed by atoms with Gasteiger partial charge in [-0.05, 0) is 89.9 Å². The van der Waals surface area contributed by atoms with Crippen LogP contribution in [0.25, 0.3) is 0 Å². The summed E-state index contributed by atoms with van der Waals surface area (Å²) in [5.74, 6) is -0.886. The topological polar surface area (TPSA) is 78.9 Å². The molecule has 0 aromatic carbocycles. The highest BCUT2D eigenvalue weighted by molar-refractivity contribution is 5.71. The van der Waals surface area contributed by atoms with Gasteiger partial charge >= 0.3 is 17.9 Å². The molecule has 404 valence electrons. The predicted molar refractivity (Wildman–Crippen MR) is 302 cm³/mol. The van der Waals surface area contributed by atoms with Crippen LogP contribution in [0.15, 0.2) is 72.9 Å². The van der Waals surface area contributed by atoms with E-state index in [1.807, 2.05) is 0 Å². The molecule has 6 heteroatoms. The quantitative estimate of drug-likeness (QED) is 0.0261. The van der Waals surface area contributed by atoms with Crippen molar-refractivity contribution < 1.29 is 28.6 Å². The largest absolute Gasteiger partial charge is 0.462 e. The van der Waals surface area contributed by atoms with Crippen molar-refractivity contribution in [2.45, 2.75) is 303 Å². The molecule has 0 N–H and O–H groups in total. The highest BCUT2D eigenvalue weighted by Gasteiger charge is 2.19. The molecule has 0 fully saturated rings. The minimum atomic E-state index is -0.773. The van der Waals surface area contributed by atoms with Crippen LogP contribution >= 0.6 is 0 Å². The summed E-state index contributed by atoms with van der Waals surface area (Å²) in [6, 6.07) is 0. The molecule has 0 spiro atoms. The molecule has 1 atom stereocenters. The van der Waals surface area contributed by atoms with Crippen LogP contribution in [-0.4, -0.2) is 37.2 Å². The number of carbonyl (C=O) groups excluding carboxylic acids is 3. The van der Waals surface area contributed by atoms with Gasteiger partial charge in [0.1, 0.15) is 13.2 Å². The van der Waals surface area contributed by atoms with Crippen LogP contribution in [0.5, 0.6) is 0 Å². The third-order valence-electron chi connectivity index (χ3n) is 12.9. The lowest BCUT2D eigenvalue weighted by molar-refractivity contribution is -0.167. The van der Waals surface area contributed by atoms with Crippen molar-refractivity contribution in [2.75, 3.05) is 13.2 Å². The summed E-state index contributed by atoms with van der Waals surface area (Å²) >= 11 is 0. The van der Waals surface area contributed by atoms with Crippen molar-refractivity contribution in [3.63, 3.8) is 0 Å². The van der Waals surface area contributed by atoms with Crippen LogP contribution in [0.3, 0.4) is 0 Å². The van der Waals surface area contributed by atoms with E-state index in [1.165, 1.54) is 161 Å². The highest BCUT2D eigenvalue weighted by atomic mass is 16.6. The van der Waals surface area contributed by atoms with Crippen molar-refractivity contribution >= 4 is 17.9 Å². The number of hydrogen-bond donors (Lipinski definition) is 0. The lowest BCUT2D eigenvalue weighted by Crippen LogP contribution is -2.30. The zero-order valence-electron chi connectivity index (χ0n) is 46.3. The average molecular weight is 978 g/mol. The zero-order chi connectivity index (χ0) is 50.7. The first-order valence-corrected chi connectivity index (χ1v) is 29.9. The molecule has 0 aliphatic rings. The number of ether oxygens (including phenoxy) is 3. The van der Waals surface area contributed by atoms with Crippen molar-refractivity contribution in [3.05, 3.63) is 72.9 Å². The van der Waals surface area contributed by atoms with E-state index in [1.54, 1.807) is 0 Å². The molecule has 0 aliphatic heterocycles. The second kappa shape index (κ2) is 58.4. The Morgan fingerprint density at radius 2 is 0.557 bits per heavy atom. The standard InChI is InChI=1S/C64H112O6/c1-4-7-10-13-15-17-19-21-23-25-27-28-29-30-31-32-33-34-35-36-37-39-40-42-44-46-48-51-54-57-63(66)69-60-61(59-68-62(65)56-53-50-12-9-6-3)70-64(67)58-55-52-49-47-45-43-41-38-26-24-22-20-18-16-14-11-8-5-2/h7,10,15,17,21,23-24,26-28,30-31,61H,4-6,8-9,11-14,16,18-20,22,25,29,32-60H2,1-3H3/b10-7-,17-15-,23-21-,26-24-,28-27-,31-30-. The molecule has 6 nitrogen and oxygen atoms in total. The summed E-state index contributed by atoms with van der Waals surface area (Å²) in [5.41, 5.74) is 0. The van der Waals surface area contributed by atoms with Crippen LogP contribution in [0, 0.1) is 0 Å². The van der Waals surface area contributed by atoms with Crippen LogP contribution < -0.4 is 0 Å². The van der Waals surface area contributed by atoms with Crippen LogP contribution in [0.4, 0.5) is 0 Å². The maximum absolute atomic E-state index is 12.8. The Hall–Kier alpha value is -3.15. The fraction of sp³-hybridized carbons (Fsp3) is 0.766. The molecular formula is C64H112O6. The summed E-state index contributed by atoms with van der Waals surface area (Å²) in [4.78, 5) is 37.8. The molecule has 0 saturated carbocycles. The molecule has 0 bridgehead atoms. The lowest BCUT2D eigenvalue weighted by Gasteiger charge is -2.18. The Labute approximate surface area is 433 Å². The third kappa shape index (κ3) is 55.8. The molecule has 0 aromatic heterocycles. The van der Waals surface area contributed by atoms with Gasteiger partial charge in [0, 0.05) is 19.3 Å². The Morgan fingerprint density at radius 1 is 0.300 bits per heavy atom. The van der Waals surface area contributed by atoms with Gasteiger partial charge in [0.05, 0.1) is 0 Å². The van der Waals surface area contributed by atoms with Gasteiger partial charge in [0.15, 0.2) is 6.10 Å². The minimum absolute atomic E-state index is 0.0756. The summed E-state index contributed by atoms with van der Waals surface area (Å²) in [6.45, 7) is 6.46. The first-order chi connectivity index (χ1) is 34.5. The number of esters is 3. The molecule has 1 unspecified atom stereocenters. The molecule has 70 heavy (non-hydrogen) atoms. The van der Waals surface area contributed by atoms with E-state index in [4.69, 9.17) is 14.2 Å². The van der Waals surface area contributed by atoms with Crippen molar-refractivity contribution in [2.24, 2.45) is 0 Å². The van der Waals surface area contributed by atoms with Gasteiger partial charge in [-0.2, -0.15) is 0 Å². The van der Waals surface area contributed by atoms with E-state index < -0.39 is 6.10 Å². The van der Waals surface area contributed by atoms with Crippen LogP contribution in [0.1, 0.15) is 297 Å². The summed E-state index contributed by atoms with van der Waals surface area (Å²) in [7, 11) is 0. The van der Waals surface area contributed by atoms with Gasteiger partial charge in [-0.3, -0.25) is 14.4 Å². The number of allylic oxidation sites excluding steroid dienone is 12. The normalized spacial score (nSPS) is 12.6. The fourth-order valence-electron chi connectivity index (χ4n) is 8.47. The fourth-order valence-corrected chi connectivity index (χ4v) is 8.47. The smallest absolute Gasteiger partial charge is 0.306 e. The Bertz CT molecular complexity index is 1310. The predicted octanol–water partition coefficient (Wildman–Crippen LogP) is 20.2. The van der Waals surface area contributed by atoms with Gasteiger partial charge in [-0.1, -0.05) is 261 Å². The molecular weight excluding hydrogens is 865 g/mol. The first kappa shape index (κ1) is 66.9. The average Bonchev–Trinajstić information content (AvgIpc) is 3.36. The second-order valence-electron chi connectivity index (χ2n) is 19.9. The van der Waals surface area contributed by atoms with Crippen LogP contribution in [-0.2, 0) is 28.6 Å². The summed E-state index contributed by atoms with van der Waals surface area (Å²) < 4.78 is 16.7. The van der Waals surface area contributed by atoms with E-state index in [2.05, 4.69) is 93.7 Å². The summed E-state index contributed by atoms with van der Waals surface area (Å²) in [6.07, 6.45) is 75.2. The second-order valence-corrected chi connectivity index (χ2v) is 19.9. The van der Waals surface area contributed by atoms with Gasteiger partial charge in [-0.25, -0.2) is 0 Å². The number of carbonyl (C=O) groups is 3. The highest BCUT2D eigenvalue weighted by Crippen LogP contribution is 2.16.